The molecule has 4 nitrogen and oxygen atoms in total. The van der Waals surface area contributed by atoms with Crippen LogP contribution in [0, 0.1) is 5.92 Å². The third-order valence-electron chi connectivity index (χ3n) is 3.55. The van der Waals surface area contributed by atoms with Crippen molar-refractivity contribution in [1.29, 1.82) is 0 Å². The highest BCUT2D eigenvalue weighted by molar-refractivity contribution is 6.14. The minimum absolute atomic E-state index is 0.0585. The van der Waals surface area contributed by atoms with Crippen LogP contribution >= 0.6 is 0 Å². The quantitative estimate of drug-likeness (QED) is 0.904. The summed E-state index contributed by atoms with van der Waals surface area (Å²) in [5.74, 6) is 0.650. The van der Waals surface area contributed by atoms with Crippen molar-refractivity contribution in [2.24, 2.45) is 10.9 Å². The van der Waals surface area contributed by atoms with Gasteiger partial charge in [0.2, 0.25) is 0 Å². The van der Waals surface area contributed by atoms with Gasteiger partial charge in [-0.25, -0.2) is 4.99 Å². The van der Waals surface area contributed by atoms with Crippen molar-refractivity contribution in [3.63, 3.8) is 0 Å². The lowest BCUT2D eigenvalue weighted by atomic mass is 9.89. The number of amidine groups is 1. The van der Waals surface area contributed by atoms with Gasteiger partial charge in [-0.2, -0.15) is 0 Å². The first kappa shape index (κ1) is 13.5. The number of carbonyl (C=O) groups excluding carboxylic acids is 1. The molecule has 0 spiro atoms. The van der Waals surface area contributed by atoms with Crippen molar-refractivity contribution in [2.45, 2.75) is 33.2 Å². The van der Waals surface area contributed by atoms with Gasteiger partial charge in [0, 0.05) is 6.20 Å². The van der Waals surface area contributed by atoms with Gasteiger partial charge in [0.15, 0.2) is 5.84 Å². The van der Waals surface area contributed by atoms with Crippen LogP contribution in [0.5, 0.6) is 0 Å². The summed E-state index contributed by atoms with van der Waals surface area (Å²) in [6.45, 7) is 7.81. The topological polar surface area (TPSA) is 54.4 Å². The van der Waals surface area contributed by atoms with Crippen LogP contribution in [0.15, 0.2) is 29.4 Å². The van der Waals surface area contributed by atoms with Gasteiger partial charge in [0.1, 0.15) is 11.2 Å². The molecule has 0 aliphatic carbocycles. The van der Waals surface area contributed by atoms with Crippen molar-refractivity contribution in [1.82, 2.24) is 10.3 Å². The Bertz CT molecular complexity index is 543. The Kier molecular flexibility index (Phi) is 3.51. The number of amides is 1. The van der Waals surface area contributed by atoms with E-state index in [9.17, 15) is 4.79 Å². The number of carbonyl (C=O) groups is 1. The smallest absolute Gasteiger partial charge is 0.253 e. The maximum atomic E-state index is 12.0. The maximum absolute atomic E-state index is 12.0. The predicted molar refractivity (Wildman–Crippen MR) is 76.9 cm³/mol. The average Bonchev–Trinajstić information content (AvgIpc) is 2.68. The zero-order valence-corrected chi connectivity index (χ0v) is 11.8. The van der Waals surface area contributed by atoms with Crippen molar-refractivity contribution in [3.8, 4) is 0 Å². The first-order valence-electron chi connectivity index (χ1n) is 6.48. The SMILES string of the molecule is CC=Cc1ccc(C2=NC(C)(C(C)C)C(=O)N2)nc1. The number of hydrogen-bond acceptors (Lipinski definition) is 3. The molecule has 1 aromatic rings. The number of hydrogen-bond donors (Lipinski definition) is 1. The van der Waals surface area contributed by atoms with Crippen LogP contribution in [0.25, 0.3) is 6.08 Å². The van der Waals surface area contributed by atoms with Crippen LogP contribution in [0.2, 0.25) is 0 Å². The Morgan fingerprint density at radius 1 is 1.37 bits per heavy atom. The lowest BCUT2D eigenvalue weighted by Gasteiger charge is -2.21. The molecular formula is C15H19N3O. The standard InChI is InChI=1S/C15H19N3O/c1-5-6-11-7-8-12(16-9-11)13-17-14(19)15(4,18-13)10(2)3/h5-10H,1-4H3,(H,17,18,19). The van der Waals surface area contributed by atoms with E-state index < -0.39 is 5.54 Å². The Balaban J connectivity index is 2.31. The number of nitrogens with zero attached hydrogens (tertiary/aromatic N) is 2. The van der Waals surface area contributed by atoms with Crippen molar-refractivity contribution in [3.05, 3.63) is 35.7 Å². The van der Waals surface area contributed by atoms with E-state index in [2.05, 4.69) is 15.3 Å². The number of nitrogens with one attached hydrogen (secondary N) is 1. The zero-order valence-electron chi connectivity index (χ0n) is 11.8. The summed E-state index contributed by atoms with van der Waals surface area (Å²) in [5, 5.41) is 2.82. The Labute approximate surface area is 113 Å². The molecule has 0 fully saturated rings. The summed E-state index contributed by atoms with van der Waals surface area (Å²) in [6.07, 6.45) is 5.71. The van der Waals surface area contributed by atoms with Gasteiger partial charge in [-0.15, -0.1) is 0 Å². The fourth-order valence-electron chi connectivity index (χ4n) is 1.89. The molecule has 4 heteroatoms. The van der Waals surface area contributed by atoms with E-state index in [1.807, 2.05) is 52.0 Å². The number of rotatable bonds is 3. The van der Waals surface area contributed by atoms with Crippen LogP contribution in [-0.2, 0) is 4.79 Å². The number of aromatic nitrogens is 1. The molecule has 0 bridgehead atoms. The number of pyridine rings is 1. The molecule has 0 saturated heterocycles. The van der Waals surface area contributed by atoms with Gasteiger partial charge in [-0.1, -0.05) is 32.1 Å². The Hall–Kier alpha value is -1.97. The van der Waals surface area contributed by atoms with Gasteiger partial charge in [0.05, 0.1) is 0 Å². The summed E-state index contributed by atoms with van der Waals surface area (Å²) < 4.78 is 0. The Morgan fingerprint density at radius 3 is 2.58 bits per heavy atom. The average molecular weight is 257 g/mol. The number of aliphatic imine (C=N–C) groups is 1. The van der Waals surface area contributed by atoms with E-state index in [1.165, 1.54) is 0 Å². The van der Waals surface area contributed by atoms with Gasteiger partial charge in [0.25, 0.3) is 5.91 Å². The molecule has 0 aromatic carbocycles. The summed E-state index contributed by atoms with van der Waals surface area (Å²) in [7, 11) is 0. The van der Waals surface area contributed by atoms with Crippen LogP contribution in [0.3, 0.4) is 0 Å². The van der Waals surface area contributed by atoms with Gasteiger partial charge in [-0.05, 0) is 31.4 Å². The summed E-state index contributed by atoms with van der Waals surface area (Å²) in [4.78, 5) is 20.9. The lowest BCUT2D eigenvalue weighted by molar-refractivity contribution is -0.124. The molecule has 1 aromatic heterocycles. The van der Waals surface area contributed by atoms with E-state index in [-0.39, 0.29) is 11.8 Å². The second-order valence-corrected chi connectivity index (χ2v) is 5.19. The molecule has 1 aliphatic rings. The van der Waals surface area contributed by atoms with E-state index in [0.29, 0.717) is 11.5 Å². The minimum atomic E-state index is -0.695. The van der Waals surface area contributed by atoms with Crippen molar-refractivity contribution in [2.75, 3.05) is 0 Å². The van der Waals surface area contributed by atoms with Crippen LogP contribution < -0.4 is 5.32 Å². The summed E-state index contributed by atoms with van der Waals surface area (Å²) in [6, 6.07) is 3.84. The highest BCUT2D eigenvalue weighted by Gasteiger charge is 2.42. The van der Waals surface area contributed by atoms with Crippen LogP contribution in [0.4, 0.5) is 0 Å². The van der Waals surface area contributed by atoms with Crippen molar-refractivity contribution < 1.29 is 4.79 Å². The fourth-order valence-corrected chi connectivity index (χ4v) is 1.89. The predicted octanol–water partition coefficient (Wildman–Crippen LogP) is 2.41. The van der Waals surface area contributed by atoms with Crippen LogP contribution in [-0.4, -0.2) is 22.3 Å². The molecule has 19 heavy (non-hydrogen) atoms. The summed E-state index contributed by atoms with van der Waals surface area (Å²) in [5.41, 5.74) is 1.03. The fraction of sp³-hybridized carbons (Fsp3) is 0.400. The Morgan fingerprint density at radius 2 is 2.11 bits per heavy atom. The molecule has 1 atom stereocenters. The molecule has 1 amide bonds. The highest BCUT2D eigenvalue weighted by Crippen LogP contribution is 2.26. The second-order valence-electron chi connectivity index (χ2n) is 5.19. The first-order valence-corrected chi connectivity index (χ1v) is 6.48. The van der Waals surface area contributed by atoms with Crippen LogP contribution in [0.1, 0.15) is 39.0 Å². The third kappa shape index (κ3) is 2.43. The van der Waals surface area contributed by atoms with E-state index in [4.69, 9.17) is 0 Å². The second kappa shape index (κ2) is 4.96. The molecule has 0 saturated carbocycles. The number of allylic oxidation sites excluding steroid dienone is 1. The zero-order chi connectivity index (χ0) is 14.0. The van der Waals surface area contributed by atoms with Gasteiger partial charge < -0.3 is 5.32 Å². The molecular weight excluding hydrogens is 238 g/mol. The molecule has 1 N–H and O–H groups in total. The highest BCUT2D eigenvalue weighted by atomic mass is 16.2. The normalized spacial score (nSPS) is 23.0. The molecule has 100 valence electrons. The monoisotopic (exact) mass is 257 g/mol. The first-order chi connectivity index (χ1) is 8.97. The molecule has 2 heterocycles. The largest absolute Gasteiger partial charge is 0.307 e. The minimum Gasteiger partial charge on any atom is -0.307 e. The van der Waals surface area contributed by atoms with E-state index >= 15 is 0 Å². The molecule has 2 rings (SSSR count). The van der Waals surface area contributed by atoms with Crippen molar-refractivity contribution >= 4 is 17.8 Å². The van der Waals surface area contributed by atoms with E-state index in [0.717, 1.165) is 5.56 Å². The molecule has 0 radical (unpaired) electrons. The van der Waals surface area contributed by atoms with Gasteiger partial charge in [-0.3, -0.25) is 9.78 Å². The van der Waals surface area contributed by atoms with E-state index in [1.54, 1.807) is 6.20 Å². The molecule has 1 unspecified atom stereocenters. The molecule has 1 aliphatic heterocycles. The third-order valence-corrected chi connectivity index (χ3v) is 3.55. The van der Waals surface area contributed by atoms with Gasteiger partial charge >= 0.3 is 0 Å². The lowest BCUT2D eigenvalue weighted by Crippen LogP contribution is -2.41. The summed E-state index contributed by atoms with van der Waals surface area (Å²) >= 11 is 0. The maximum Gasteiger partial charge on any atom is 0.253 e.